The third-order valence-corrected chi connectivity index (χ3v) is 7.74. The van der Waals surface area contributed by atoms with E-state index in [4.69, 9.17) is 0 Å². The number of anilines is 1. The van der Waals surface area contributed by atoms with Crippen molar-refractivity contribution in [3.63, 3.8) is 0 Å². The minimum Gasteiger partial charge on any atom is -0.355 e. The van der Waals surface area contributed by atoms with E-state index < -0.39 is 5.41 Å². The molecule has 0 aromatic carbocycles. The second-order valence-corrected chi connectivity index (χ2v) is 9.97. The Hall–Kier alpha value is -2.48. The van der Waals surface area contributed by atoms with Crippen LogP contribution >= 0.6 is 11.3 Å². The van der Waals surface area contributed by atoms with Gasteiger partial charge in [0.15, 0.2) is 0 Å². The van der Waals surface area contributed by atoms with Gasteiger partial charge in [-0.2, -0.15) is 11.3 Å². The average Bonchev–Trinajstić information content (AvgIpc) is 3.41. The number of nitrogens with zero attached hydrogens (tertiary/aromatic N) is 4. The van der Waals surface area contributed by atoms with Gasteiger partial charge in [0, 0.05) is 51.0 Å². The fourth-order valence-corrected chi connectivity index (χ4v) is 5.72. The molecule has 0 spiro atoms. The molecule has 0 unspecified atom stereocenters. The van der Waals surface area contributed by atoms with Crippen LogP contribution in [0, 0.1) is 17.3 Å². The van der Waals surface area contributed by atoms with Crippen LogP contribution in [0.5, 0.6) is 0 Å². The van der Waals surface area contributed by atoms with Crippen LogP contribution in [0.4, 0.5) is 5.95 Å². The first-order chi connectivity index (χ1) is 15.1. The summed E-state index contributed by atoms with van der Waals surface area (Å²) in [5.74, 6) is 1.69. The number of carbonyl (C=O) groups excluding carboxylic acids is 2. The Morgan fingerprint density at radius 1 is 1.23 bits per heavy atom. The van der Waals surface area contributed by atoms with Gasteiger partial charge in [-0.3, -0.25) is 9.59 Å². The number of hydrogen-bond donors (Lipinski definition) is 1. The molecule has 3 aliphatic rings. The number of aromatic nitrogens is 2. The maximum absolute atomic E-state index is 13.5. The number of likely N-dealkylation sites (tertiary alicyclic amines) is 1. The van der Waals surface area contributed by atoms with Crippen molar-refractivity contribution in [2.45, 2.75) is 32.1 Å². The molecule has 5 rings (SSSR count). The molecule has 2 aliphatic heterocycles. The molecule has 2 saturated heterocycles. The number of hydrogen-bond acceptors (Lipinski definition) is 6. The predicted molar refractivity (Wildman–Crippen MR) is 120 cm³/mol. The standard InChI is InChI=1S/C23H29N5O2S/c29-20(11-18-5-10-31-15-18)27-9-1-6-23(21(30)26-12-17-3-4-17)16-28(14-19(23)13-27)22-24-7-2-8-25-22/h2,5,7-8,10,15,17,19H,1,3-4,6,9,11-14,16H2,(H,26,30)/t19-,23-/m1/s1. The highest BCUT2D eigenvalue weighted by Gasteiger charge is 2.54. The molecule has 3 fully saturated rings. The zero-order valence-electron chi connectivity index (χ0n) is 17.7. The van der Waals surface area contributed by atoms with Crippen LogP contribution < -0.4 is 10.2 Å². The van der Waals surface area contributed by atoms with E-state index in [0.717, 1.165) is 31.5 Å². The molecular weight excluding hydrogens is 410 g/mol. The molecule has 1 aliphatic carbocycles. The first-order valence-corrected chi connectivity index (χ1v) is 12.2. The highest BCUT2D eigenvalue weighted by Crippen LogP contribution is 2.44. The molecule has 8 heteroatoms. The summed E-state index contributed by atoms with van der Waals surface area (Å²) in [4.78, 5) is 39.5. The normalized spacial score (nSPS) is 25.7. The maximum atomic E-state index is 13.5. The molecule has 7 nitrogen and oxygen atoms in total. The molecule has 2 aromatic heterocycles. The highest BCUT2D eigenvalue weighted by atomic mass is 32.1. The maximum Gasteiger partial charge on any atom is 0.228 e. The Labute approximate surface area is 186 Å². The Balaban J connectivity index is 1.36. The molecule has 2 aromatic rings. The zero-order valence-corrected chi connectivity index (χ0v) is 18.5. The summed E-state index contributed by atoms with van der Waals surface area (Å²) in [5.41, 5.74) is 0.573. The number of carbonyl (C=O) groups is 2. The number of amides is 2. The lowest BCUT2D eigenvalue weighted by atomic mass is 9.74. The summed E-state index contributed by atoms with van der Waals surface area (Å²) in [6, 6.07) is 3.82. The van der Waals surface area contributed by atoms with Gasteiger partial charge < -0.3 is 15.1 Å². The fourth-order valence-electron chi connectivity index (χ4n) is 5.05. The minimum absolute atomic E-state index is 0.0735. The third-order valence-electron chi connectivity index (χ3n) is 7.01. The van der Waals surface area contributed by atoms with Crippen LogP contribution in [0.15, 0.2) is 35.3 Å². The van der Waals surface area contributed by atoms with Gasteiger partial charge in [-0.25, -0.2) is 9.97 Å². The van der Waals surface area contributed by atoms with Crippen molar-refractivity contribution in [1.82, 2.24) is 20.2 Å². The van der Waals surface area contributed by atoms with Gasteiger partial charge in [0.05, 0.1) is 11.8 Å². The molecular formula is C23H29N5O2S. The summed E-state index contributed by atoms with van der Waals surface area (Å²) in [6.45, 7) is 3.42. The van der Waals surface area contributed by atoms with E-state index in [9.17, 15) is 9.59 Å². The Morgan fingerprint density at radius 3 is 2.81 bits per heavy atom. The van der Waals surface area contributed by atoms with Crippen LogP contribution in [0.2, 0.25) is 0 Å². The van der Waals surface area contributed by atoms with Crippen molar-refractivity contribution < 1.29 is 9.59 Å². The van der Waals surface area contributed by atoms with Crippen LogP contribution in [0.1, 0.15) is 31.2 Å². The van der Waals surface area contributed by atoms with E-state index in [1.165, 1.54) is 12.8 Å². The first-order valence-electron chi connectivity index (χ1n) is 11.2. The largest absolute Gasteiger partial charge is 0.355 e. The van der Waals surface area contributed by atoms with Gasteiger partial charge in [0.25, 0.3) is 0 Å². The zero-order chi connectivity index (χ0) is 21.3. The van der Waals surface area contributed by atoms with Crippen molar-refractivity contribution in [2.24, 2.45) is 17.3 Å². The van der Waals surface area contributed by atoms with Gasteiger partial charge in [0.1, 0.15) is 0 Å². The molecule has 31 heavy (non-hydrogen) atoms. The summed E-state index contributed by atoms with van der Waals surface area (Å²) < 4.78 is 0. The molecule has 0 bridgehead atoms. The quantitative estimate of drug-likeness (QED) is 0.748. The first kappa shape index (κ1) is 20.4. The van der Waals surface area contributed by atoms with Crippen molar-refractivity contribution in [2.75, 3.05) is 37.6 Å². The lowest BCUT2D eigenvalue weighted by Crippen LogP contribution is -2.48. The van der Waals surface area contributed by atoms with E-state index >= 15 is 0 Å². The fraction of sp³-hybridized carbons (Fsp3) is 0.565. The van der Waals surface area contributed by atoms with Crippen LogP contribution in [0.3, 0.4) is 0 Å². The van der Waals surface area contributed by atoms with E-state index in [-0.39, 0.29) is 17.7 Å². The van der Waals surface area contributed by atoms with Crippen molar-refractivity contribution in [3.8, 4) is 0 Å². The summed E-state index contributed by atoms with van der Waals surface area (Å²) >= 11 is 1.62. The molecule has 2 atom stereocenters. The van der Waals surface area contributed by atoms with Gasteiger partial charge in [-0.15, -0.1) is 0 Å². The molecule has 2 amide bonds. The van der Waals surface area contributed by atoms with Crippen molar-refractivity contribution >= 4 is 29.1 Å². The third kappa shape index (κ3) is 4.31. The van der Waals surface area contributed by atoms with Gasteiger partial charge in [-0.05, 0) is 60.1 Å². The molecule has 0 radical (unpaired) electrons. The van der Waals surface area contributed by atoms with Gasteiger partial charge >= 0.3 is 0 Å². The van der Waals surface area contributed by atoms with Crippen molar-refractivity contribution in [3.05, 3.63) is 40.8 Å². The Kier molecular flexibility index (Phi) is 5.65. The van der Waals surface area contributed by atoms with Gasteiger partial charge in [0.2, 0.25) is 17.8 Å². The summed E-state index contributed by atoms with van der Waals surface area (Å²) in [6.07, 6.45) is 7.98. The SMILES string of the molecule is O=C(Cc1ccsc1)N1CCC[C@@]2(C(=O)NCC3CC3)CN(c3ncccn3)C[C@H]2C1. The molecule has 1 N–H and O–H groups in total. The summed E-state index contributed by atoms with van der Waals surface area (Å²) in [7, 11) is 0. The number of fused-ring (bicyclic) bond motifs is 1. The highest BCUT2D eigenvalue weighted by molar-refractivity contribution is 7.08. The Bertz CT molecular complexity index is 917. The van der Waals surface area contributed by atoms with E-state index in [1.807, 2.05) is 21.7 Å². The lowest BCUT2D eigenvalue weighted by Gasteiger charge is -2.32. The number of nitrogens with one attached hydrogen (secondary N) is 1. The molecule has 4 heterocycles. The van der Waals surface area contributed by atoms with E-state index in [0.29, 0.717) is 37.9 Å². The second kappa shape index (κ2) is 8.57. The average molecular weight is 440 g/mol. The van der Waals surface area contributed by atoms with Crippen molar-refractivity contribution in [1.29, 1.82) is 0 Å². The van der Waals surface area contributed by atoms with E-state index in [2.05, 4.69) is 20.2 Å². The minimum atomic E-state index is -0.495. The van der Waals surface area contributed by atoms with Crippen LogP contribution in [-0.2, 0) is 16.0 Å². The topological polar surface area (TPSA) is 78.4 Å². The monoisotopic (exact) mass is 439 g/mol. The van der Waals surface area contributed by atoms with Crippen LogP contribution in [0.25, 0.3) is 0 Å². The number of thiophene rings is 1. The van der Waals surface area contributed by atoms with Crippen LogP contribution in [-0.4, -0.2) is 59.4 Å². The smallest absolute Gasteiger partial charge is 0.228 e. The predicted octanol–water partition coefficient (Wildman–Crippen LogP) is 2.35. The van der Waals surface area contributed by atoms with E-state index in [1.54, 1.807) is 29.8 Å². The second-order valence-electron chi connectivity index (χ2n) is 9.19. The van der Waals surface area contributed by atoms with Gasteiger partial charge in [-0.1, -0.05) is 0 Å². The Morgan fingerprint density at radius 2 is 2.06 bits per heavy atom. The molecule has 164 valence electrons. The summed E-state index contributed by atoms with van der Waals surface area (Å²) in [5, 5.41) is 7.29. The lowest BCUT2D eigenvalue weighted by molar-refractivity contribution is -0.135. The molecule has 1 saturated carbocycles. The number of rotatable bonds is 6.